The predicted octanol–water partition coefficient (Wildman–Crippen LogP) is 1.80. The Morgan fingerprint density at radius 2 is 2.32 bits per heavy atom. The second kappa shape index (κ2) is 5.05. The van der Waals surface area contributed by atoms with Crippen molar-refractivity contribution in [2.24, 2.45) is 0 Å². The summed E-state index contributed by atoms with van der Waals surface area (Å²) in [5, 5.41) is 4.38. The highest BCUT2D eigenvalue weighted by molar-refractivity contribution is 5.87. The first-order chi connectivity index (χ1) is 9.24. The van der Waals surface area contributed by atoms with Crippen LogP contribution in [0.1, 0.15) is 12.5 Å². The van der Waals surface area contributed by atoms with Crippen molar-refractivity contribution in [2.45, 2.75) is 19.4 Å². The molecule has 1 saturated heterocycles. The molecule has 1 aromatic heterocycles. The molecule has 0 spiro atoms. The molecule has 0 bridgehead atoms. The van der Waals surface area contributed by atoms with Gasteiger partial charge in [-0.1, -0.05) is 18.2 Å². The fraction of sp³-hybridized carbons (Fsp3) is 0.400. The van der Waals surface area contributed by atoms with E-state index < -0.39 is 0 Å². The highest BCUT2D eigenvalue weighted by Crippen LogP contribution is 2.21. The predicted molar refractivity (Wildman–Crippen MR) is 74.0 cm³/mol. The molecule has 1 aromatic carbocycles. The highest BCUT2D eigenvalue weighted by Gasteiger charge is 2.21. The molecule has 2 heterocycles. The molecule has 4 nitrogen and oxygen atoms in total. The van der Waals surface area contributed by atoms with E-state index in [2.05, 4.69) is 12.2 Å². The maximum Gasteiger partial charge on any atom is 0.227 e. The van der Waals surface area contributed by atoms with Crippen molar-refractivity contribution in [3.8, 4) is 0 Å². The average molecular weight is 258 g/mol. The minimum absolute atomic E-state index is 0.180. The van der Waals surface area contributed by atoms with Crippen LogP contribution < -0.4 is 5.32 Å². The average Bonchev–Trinajstić information content (AvgIpc) is 2.82. The standard InChI is InChI=1S/C15H18N2O2/c1-11-9-17(7-6-16-11)15(18)8-12-10-19-14-5-3-2-4-13(12)14/h2-5,10-11,16H,6-9H2,1H3. The number of nitrogens with one attached hydrogen (secondary N) is 1. The largest absolute Gasteiger partial charge is 0.464 e. The Labute approximate surface area is 112 Å². The van der Waals surface area contributed by atoms with Gasteiger partial charge in [0.2, 0.25) is 5.91 Å². The first kappa shape index (κ1) is 12.2. The van der Waals surface area contributed by atoms with E-state index in [0.29, 0.717) is 12.5 Å². The molecule has 4 heteroatoms. The van der Waals surface area contributed by atoms with Gasteiger partial charge in [-0.25, -0.2) is 0 Å². The van der Waals surface area contributed by atoms with Crippen molar-refractivity contribution in [3.05, 3.63) is 36.1 Å². The summed E-state index contributed by atoms with van der Waals surface area (Å²) in [6.07, 6.45) is 2.12. The number of fused-ring (bicyclic) bond motifs is 1. The number of rotatable bonds is 2. The fourth-order valence-corrected chi connectivity index (χ4v) is 2.60. The van der Waals surface area contributed by atoms with Gasteiger partial charge in [-0.3, -0.25) is 4.79 Å². The van der Waals surface area contributed by atoms with Crippen LogP contribution in [-0.4, -0.2) is 36.5 Å². The maximum absolute atomic E-state index is 12.3. The number of hydrogen-bond acceptors (Lipinski definition) is 3. The van der Waals surface area contributed by atoms with Gasteiger partial charge in [-0.05, 0) is 13.0 Å². The van der Waals surface area contributed by atoms with Crippen LogP contribution in [0.5, 0.6) is 0 Å². The molecule has 1 aliphatic rings. The summed E-state index contributed by atoms with van der Waals surface area (Å²) >= 11 is 0. The van der Waals surface area contributed by atoms with E-state index in [-0.39, 0.29) is 5.91 Å². The lowest BCUT2D eigenvalue weighted by Crippen LogP contribution is -2.51. The quantitative estimate of drug-likeness (QED) is 0.893. The first-order valence-corrected chi connectivity index (χ1v) is 6.70. The first-order valence-electron chi connectivity index (χ1n) is 6.70. The number of benzene rings is 1. The molecule has 100 valence electrons. The number of para-hydroxylation sites is 1. The third kappa shape index (κ3) is 2.49. The number of furan rings is 1. The summed E-state index contributed by atoms with van der Waals surface area (Å²) < 4.78 is 5.48. The van der Waals surface area contributed by atoms with Gasteiger partial charge in [0.1, 0.15) is 5.58 Å². The van der Waals surface area contributed by atoms with E-state index in [1.165, 1.54) is 0 Å². The number of carbonyl (C=O) groups is 1. The monoisotopic (exact) mass is 258 g/mol. The summed E-state index contributed by atoms with van der Waals surface area (Å²) in [6, 6.07) is 8.21. The minimum atomic E-state index is 0.180. The van der Waals surface area contributed by atoms with Gasteiger partial charge < -0.3 is 14.6 Å². The Morgan fingerprint density at radius 1 is 1.47 bits per heavy atom. The van der Waals surface area contributed by atoms with E-state index in [9.17, 15) is 4.79 Å². The topological polar surface area (TPSA) is 45.5 Å². The second-order valence-corrected chi connectivity index (χ2v) is 5.13. The van der Waals surface area contributed by atoms with E-state index >= 15 is 0 Å². The number of carbonyl (C=O) groups excluding carboxylic acids is 1. The van der Waals surface area contributed by atoms with Gasteiger partial charge in [0.25, 0.3) is 0 Å². The van der Waals surface area contributed by atoms with Crippen molar-refractivity contribution >= 4 is 16.9 Å². The zero-order valence-corrected chi connectivity index (χ0v) is 11.1. The van der Waals surface area contributed by atoms with Gasteiger partial charge in [0, 0.05) is 36.6 Å². The molecule has 0 saturated carbocycles. The van der Waals surface area contributed by atoms with Crippen molar-refractivity contribution in [2.75, 3.05) is 19.6 Å². The van der Waals surface area contributed by atoms with Gasteiger partial charge in [-0.15, -0.1) is 0 Å². The molecule has 1 amide bonds. The van der Waals surface area contributed by atoms with E-state index in [0.717, 1.165) is 36.2 Å². The van der Waals surface area contributed by atoms with Crippen LogP contribution in [0.2, 0.25) is 0 Å². The number of hydrogen-bond donors (Lipinski definition) is 1. The third-order valence-corrected chi connectivity index (χ3v) is 3.62. The van der Waals surface area contributed by atoms with Gasteiger partial charge in [-0.2, -0.15) is 0 Å². The summed E-state index contributed by atoms with van der Waals surface area (Å²) in [5.41, 5.74) is 1.82. The molecule has 1 fully saturated rings. The number of piperazine rings is 1. The van der Waals surface area contributed by atoms with Gasteiger partial charge >= 0.3 is 0 Å². The Bertz CT molecular complexity index is 591. The van der Waals surface area contributed by atoms with Gasteiger partial charge in [0.15, 0.2) is 0 Å². The van der Waals surface area contributed by atoms with Crippen LogP contribution in [-0.2, 0) is 11.2 Å². The SMILES string of the molecule is CC1CN(C(=O)Cc2coc3ccccc23)CCN1. The normalized spacial score (nSPS) is 19.8. The minimum Gasteiger partial charge on any atom is -0.464 e. The Hall–Kier alpha value is -1.81. The summed E-state index contributed by atoms with van der Waals surface area (Å²) in [5.74, 6) is 0.180. The zero-order chi connectivity index (χ0) is 13.2. The molecule has 3 rings (SSSR count). The molecule has 2 aromatic rings. The second-order valence-electron chi connectivity index (χ2n) is 5.13. The lowest BCUT2D eigenvalue weighted by Gasteiger charge is -2.31. The zero-order valence-electron chi connectivity index (χ0n) is 11.1. The molecular weight excluding hydrogens is 240 g/mol. The van der Waals surface area contributed by atoms with Crippen LogP contribution in [0.3, 0.4) is 0 Å². The Kier molecular flexibility index (Phi) is 3.25. The van der Waals surface area contributed by atoms with Crippen LogP contribution in [0.15, 0.2) is 34.9 Å². The molecule has 1 atom stereocenters. The third-order valence-electron chi connectivity index (χ3n) is 3.62. The van der Waals surface area contributed by atoms with Crippen LogP contribution in [0.25, 0.3) is 11.0 Å². The van der Waals surface area contributed by atoms with Gasteiger partial charge in [0.05, 0.1) is 12.7 Å². The van der Waals surface area contributed by atoms with Crippen molar-refractivity contribution in [3.63, 3.8) is 0 Å². The molecule has 0 aliphatic carbocycles. The van der Waals surface area contributed by atoms with E-state index in [1.54, 1.807) is 6.26 Å². The maximum atomic E-state index is 12.3. The molecular formula is C15H18N2O2. The highest BCUT2D eigenvalue weighted by atomic mass is 16.3. The van der Waals surface area contributed by atoms with Crippen molar-refractivity contribution in [1.82, 2.24) is 10.2 Å². The van der Waals surface area contributed by atoms with E-state index in [4.69, 9.17) is 4.42 Å². The lowest BCUT2D eigenvalue weighted by molar-refractivity contribution is -0.131. The molecule has 19 heavy (non-hydrogen) atoms. The molecule has 0 radical (unpaired) electrons. The summed E-state index contributed by atoms with van der Waals surface area (Å²) in [7, 11) is 0. The number of amides is 1. The van der Waals surface area contributed by atoms with Crippen LogP contribution >= 0.6 is 0 Å². The fourth-order valence-electron chi connectivity index (χ4n) is 2.60. The van der Waals surface area contributed by atoms with Crippen molar-refractivity contribution < 1.29 is 9.21 Å². The summed E-state index contributed by atoms with van der Waals surface area (Å²) in [4.78, 5) is 14.2. The number of nitrogens with zero attached hydrogens (tertiary/aromatic N) is 1. The Morgan fingerprint density at radius 3 is 3.16 bits per heavy atom. The lowest BCUT2D eigenvalue weighted by atomic mass is 10.1. The smallest absolute Gasteiger partial charge is 0.227 e. The molecule has 1 unspecified atom stereocenters. The molecule has 1 aliphatic heterocycles. The van der Waals surface area contributed by atoms with Crippen molar-refractivity contribution in [1.29, 1.82) is 0 Å². The van der Waals surface area contributed by atoms with Crippen LogP contribution in [0.4, 0.5) is 0 Å². The summed E-state index contributed by atoms with van der Waals surface area (Å²) in [6.45, 7) is 4.55. The Balaban J connectivity index is 1.75. The van der Waals surface area contributed by atoms with Crippen LogP contribution in [0, 0.1) is 0 Å². The molecule has 1 N–H and O–H groups in total. The van der Waals surface area contributed by atoms with E-state index in [1.807, 2.05) is 29.2 Å².